The summed E-state index contributed by atoms with van der Waals surface area (Å²) < 4.78 is 33.4. The molecule has 0 N–H and O–H groups in total. The minimum Gasteiger partial charge on any atom is -0.379 e. The monoisotopic (exact) mass is 538 g/mol. The summed E-state index contributed by atoms with van der Waals surface area (Å²) in [6.07, 6.45) is 8.58. The minimum atomic E-state index is -3.30. The Bertz CT molecular complexity index is 1420. The number of hydrogen-bond acceptors (Lipinski definition) is 5. The number of benzene rings is 2. The van der Waals surface area contributed by atoms with E-state index in [0.717, 1.165) is 68.3 Å². The molecule has 194 valence electrons. The van der Waals surface area contributed by atoms with Crippen LogP contribution in [0.5, 0.6) is 0 Å². The molecule has 2 aliphatic carbocycles. The first-order valence-corrected chi connectivity index (χ1v) is 14.8. The number of ether oxygens (including phenoxy) is 1. The molecule has 3 heterocycles. The number of morpholine rings is 1. The zero-order chi connectivity index (χ0) is 26.0. The van der Waals surface area contributed by atoms with Crippen LogP contribution in [0.2, 0.25) is 5.02 Å². The van der Waals surface area contributed by atoms with E-state index in [1.807, 2.05) is 10.7 Å². The second-order valence-electron chi connectivity index (χ2n) is 9.57. The molecule has 0 amide bonds. The van der Waals surface area contributed by atoms with Crippen molar-refractivity contribution in [1.82, 2.24) is 19.0 Å². The van der Waals surface area contributed by atoms with Gasteiger partial charge in [-0.15, -0.1) is 6.42 Å². The summed E-state index contributed by atoms with van der Waals surface area (Å²) >= 11 is 6.13. The number of nitrogens with zero attached hydrogens (tertiary/aromatic N) is 4. The van der Waals surface area contributed by atoms with Gasteiger partial charge < -0.3 is 4.74 Å². The van der Waals surface area contributed by atoms with Crippen LogP contribution in [0.4, 0.5) is 0 Å². The van der Waals surface area contributed by atoms with Crippen molar-refractivity contribution in [2.24, 2.45) is 0 Å². The zero-order valence-corrected chi connectivity index (χ0v) is 22.6. The van der Waals surface area contributed by atoms with Crippen LogP contribution < -0.4 is 0 Å². The third-order valence-corrected chi connectivity index (χ3v) is 8.51. The summed E-state index contributed by atoms with van der Waals surface area (Å²) in [4.78, 5) is 2.40. The second-order valence-corrected chi connectivity index (χ2v) is 12.0. The van der Waals surface area contributed by atoms with Crippen LogP contribution in [0.25, 0.3) is 22.4 Å². The van der Waals surface area contributed by atoms with Gasteiger partial charge in [0.2, 0.25) is 10.0 Å². The van der Waals surface area contributed by atoms with Crippen LogP contribution in [0.15, 0.2) is 42.5 Å². The van der Waals surface area contributed by atoms with Gasteiger partial charge in [0.1, 0.15) is 0 Å². The summed E-state index contributed by atoms with van der Waals surface area (Å²) in [6, 6.07) is 13.9. The fourth-order valence-corrected chi connectivity index (χ4v) is 5.90. The summed E-state index contributed by atoms with van der Waals surface area (Å²) in [6.45, 7) is 6.02. The molecule has 0 atom stereocenters. The van der Waals surface area contributed by atoms with E-state index in [0.29, 0.717) is 30.1 Å². The number of terminal acetylenes is 1. The lowest BCUT2D eigenvalue weighted by molar-refractivity contribution is 0.0368. The van der Waals surface area contributed by atoms with E-state index in [2.05, 4.69) is 35.1 Å². The maximum atomic E-state index is 12.2. The Morgan fingerprint density at radius 1 is 1.08 bits per heavy atom. The minimum absolute atomic E-state index is 0.305. The first-order chi connectivity index (χ1) is 17.8. The Hall–Kier alpha value is -2.67. The number of sulfonamides is 1. The van der Waals surface area contributed by atoms with Crippen LogP contribution in [0, 0.1) is 12.3 Å². The average Bonchev–Trinajstić information content (AvgIpc) is 3.32. The molecule has 9 heteroatoms. The Morgan fingerprint density at radius 3 is 2.46 bits per heavy atom. The topological polar surface area (TPSA) is 67.7 Å². The molecular weight excluding hydrogens is 508 g/mol. The van der Waals surface area contributed by atoms with Gasteiger partial charge in [0, 0.05) is 73.1 Å². The molecule has 2 aliphatic heterocycles. The molecule has 6 rings (SSSR count). The molecule has 1 fully saturated rings. The standard InChI is InChI=1S/C22H27ClN4O3S.C6H4/c1-3-17-15-18(23)5-6-19(17)22-20-16-26(31(2,28)29)10-7-21(20)27(24-22)9-4-8-25-11-13-30-14-12-25;1-2-5-4-6(5)3-1/h1,5-6,15H,4,7-14,16H2,2H3;1-4H. The van der Waals surface area contributed by atoms with E-state index in [1.165, 1.54) is 21.7 Å². The quantitative estimate of drug-likeness (QED) is 0.348. The number of fused-ring (bicyclic) bond motifs is 2. The highest BCUT2D eigenvalue weighted by Crippen LogP contribution is 2.34. The lowest BCUT2D eigenvalue weighted by atomic mass is 9.98. The van der Waals surface area contributed by atoms with E-state index in [1.54, 1.807) is 12.1 Å². The van der Waals surface area contributed by atoms with Crippen molar-refractivity contribution >= 4 is 21.6 Å². The molecule has 1 aromatic carbocycles. The van der Waals surface area contributed by atoms with Crippen molar-refractivity contribution in [3.63, 3.8) is 0 Å². The van der Waals surface area contributed by atoms with E-state index in [-0.39, 0.29) is 0 Å². The Morgan fingerprint density at radius 2 is 1.84 bits per heavy atom. The summed E-state index contributed by atoms with van der Waals surface area (Å²) in [7, 11) is -3.30. The maximum absolute atomic E-state index is 12.2. The highest BCUT2D eigenvalue weighted by molar-refractivity contribution is 7.88. The van der Waals surface area contributed by atoms with Gasteiger partial charge in [-0.05, 0) is 41.8 Å². The highest BCUT2D eigenvalue weighted by Gasteiger charge is 2.30. The molecule has 7 nitrogen and oxygen atoms in total. The molecular formula is C28H31ClN4O3S. The van der Waals surface area contributed by atoms with E-state index >= 15 is 0 Å². The van der Waals surface area contributed by atoms with Crippen LogP contribution in [0.3, 0.4) is 0 Å². The van der Waals surface area contributed by atoms with Crippen molar-refractivity contribution in [2.75, 3.05) is 45.6 Å². The number of aromatic nitrogens is 2. The lowest BCUT2D eigenvalue weighted by Gasteiger charge is -2.27. The third kappa shape index (κ3) is 6.08. The first kappa shape index (κ1) is 26.0. The first-order valence-electron chi connectivity index (χ1n) is 12.5. The Balaban J connectivity index is 0.000000403. The highest BCUT2D eigenvalue weighted by atomic mass is 35.5. The molecule has 4 aliphatic rings. The van der Waals surface area contributed by atoms with Gasteiger partial charge in [0.05, 0.1) is 25.2 Å². The van der Waals surface area contributed by atoms with Gasteiger partial charge in [0.15, 0.2) is 0 Å². The molecule has 2 aromatic rings. The van der Waals surface area contributed by atoms with Crippen molar-refractivity contribution in [3.8, 4) is 34.7 Å². The summed E-state index contributed by atoms with van der Waals surface area (Å²) in [5.74, 6) is 2.69. The lowest BCUT2D eigenvalue weighted by Crippen LogP contribution is -2.37. The van der Waals surface area contributed by atoms with Crippen LogP contribution in [-0.2, 0) is 34.3 Å². The largest absolute Gasteiger partial charge is 0.379 e. The van der Waals surface area contributed by atoms with Gasteiger partial charge in [-0.25, -0.2) is 8.42 Å². The summed E-state index contributed by atoms with van der Waals surface area (Å²) in [5, 5.41) is 5.48. The van der Waals surface area contributed by atoms with Crippen molar-refractivity contribution < 1.29 is 13.2 Å². The van der Waals surface area contributed by atoms with Gasteiger partial charge >= 0.3 is 0 Å². The predicted molar refractivity (Wildman–Crippen MR) is 147 cm³/mol. The van der Waals surface area contributed by atoms with E-state index in [4.69, 9.17) is 27.9 Å². The van der Waals surface area contributed by atoms with Crippen LogP contribution >= 0.6 is 11.6 Å². The van der Waals surface area contributed by atoms with Crippen molar-refractivity contribution in [3.05, 3.63) is 64.3 Å². The van der Waals surface area contributed by atoms with Gasteiger partial charge in [0.25, 0.3) is 0 Å². The van der Waals surface area contributed by atoms with Gasteiger partial charge in [-0.2, -0.15) is 9.40 Å². The molecule has 0 saturated carbocycles. The molecule has 1 saturated heterocycles. The molecule has 0 radical (unpaired) electrons. The van der Waals surface area contributed by atoms with Gasteiger partial charge in [-0.1, -0.05) is 35.7 Å². The Kier molecular flexibility index (Phi) is 7.70. The average molecular weight is 539 g/mol. The second kappa shape index (κ2) is 11.0. The molecule has 0 bridgehead atoms. The van der Waals surface area contributed by atoms with Crippen molar-refractivity contribution in [2.45, 2.75) is 25.9 Å². The number of halogens is 1. The normalized spacial score (nSPS) is 16.9. The summed E-state index contributed by atoms with van der Waals surface area (Å²) in [5.41, 5.74) is 7.09. The van der Waals surface area contributed by atoms with Crippen molar-refractivity contribution in [1.29, 1.82) is 0 Å². The Labute approximate surface area is 224 Å². The SMILES string of the molecule is C#Cc1cc(Cl)ccc1-c1nn(CCCN2CCOCC2)c2c1CN(S(C)(=O)=O)CC2.c1cc2cc-2c1. The third-order valence-electron chi connectivity index (χ3n) is 7.02. The fraction of sp³-hybridized carbons (Fsp3) is 0.393. The van der Waals surface area contributed by atoms with E-state index in [9.17, 15) is 8.42 Å². The fourth-order valence-electron chi connectivity index (χ4n) is 4.94. The van der Waals surface area contributed by atoms with Gasteiger partial charge in [-0.3, -0.25) is 9.58 Å². The number of aryl methyl sites for hydroxylation is 1. The maximum Gasteiger partial charge on any atom is 0.211 e. The predicted octanol–water partition coefficient (Wildman–Crippen LogP) is 3.89. The molecule has 0 unspecified atom stereocenters. The number of rotatable bonds is 6. The number of hydrogen-bond donors (Lipinski definition) is 0. The smallest absolute Gasteiger partial charge is 0.211 e. The van der Waals surface area contributed by atoms with E-state index < -0.39 is 10.0 Å². The molecule has 37 heavy (non-hydrogen) atoms. The zero-order valence-electron chi connectivity index (χ0n) is 21.0. The molecule has 1 aromatic heterocycles. The van der Waals surface area contributed by atoms with Crippen LogP contribution in [-0.4, -0.2) is 73.1 Å². The van der Waals surface area contributed by atoms with Crippen LogP contribution in [0.1, 0.15) is 23.2 Å². The molecule has 0 spiro atoms.